The van der Waals surface area contributed by atoms with Crippen LogP contribution >= 0.6 is 15.9 Å². The molecule has 1 saturated heterocycles. The molecule has 5 heteroatoms. The zero-order valence-corrected chi connectivity index (χ0v) is 15.7. The van der Waals surface area contributed by atoms with Crippen molar-refractivity contribution < 1.29 is 9.59 Å². The number of rotatable bonds is 4. The number of halogens is 1. The highest BCUT2D eigenvalue weighted by atomic mass is 79.9. The Bertz CT molecular complexity index is 566. The number of amides is 2. The lowest BCUT2D eigenvalue weighted by Crippen LogP contribution is -2.44. The van der Waals surface area contributed by atoms with Crippen LogP contribution in [0.5, 0.6) is 0 Å². The molecule has 0 aliphatic carbocycles. The first-order valence-electron chi connectivity index (χ1n) is 8.17. The fraction of sp³-hybridized carbons (Fsp3) is 0.556. The third kappa shape index (κ3) is 4.56. The molecule has 0 unspecified atom stereocenters. The average molecular weight is 381 g/mol. The number of benzene rings is 1. The molecule has 1 aromatic rings. The lowest BCUT2D eigenvalue weighted by atomic mass is 9.94. The minimum absolute atomic E-state index is 0.0266. The van der Waals surface area contributed by atoms with Crippen molar-refractivity contribution in [1.82, 2.24) is 9.80 Å². The Morgan fingerprint density at radius 3 is 2.43 bits per heavy atom. The van der Waals surface area contributed by atoms with Gasteiger partial charge in [-0.1, -0.05) is 48.0 Å². The van der Waals surface area contributed by atoms with Crippen molar-refractivity contribution in [3.63, 3.8) is 0 Å². The largest absolute Gasteiger partial charge is 0.342 e. The van der Waals surface area contributed by atoms with Crippen LogP contribution in [0.4, 0.5) is 0 Å². The van der Waals surface area contributed by atoms with Crippen LogP contribution in [-0.2, 0) is 16.1 Å². The molecule has 0 saturated carbocycles. The molecule has 2 rings (SSSR count). The van der Waals surface area contributed by atoms with Crippen LogP contribution in [0.25, 0.3) is 0 Å². The summed E-state index contributed by atoms with van der Waals surface area (Å²) >= 11 is 3.53. The van der Waals surface area contributed by atoms with Crippen molar-refractivity contribution in [3.8, 4) is 0 Å². The number of likely N-dealkylation sites (tertiary alicyclic amines) is 1. The van der Waals surface area contributed by atoms with Gasteiger partial charge in [0.25, 0.3) is 0 Å². The minimum atomic E-state index is 0.0266. The Kier molecular flexibility index (Phi) is 6.22. The molecule has 0 radical (unpaired) electrons. The van der Waals surface area contributed by atoms with Crippen LogP contribution in [0.2, 0.25) is 0 Å². The van der Waals surface area contributed by atoms with Crippen molar-refractivity contribution in [2.75, 3.05) is 20.1 Å². The first-order valence-corrected chi connectivity index (χ1v) is 8.96. The Morgan fingerprint density at radius 2 is 1.87 bits per heavy atom. The van der Waals surface area contributed by atoms with Crippen LogP contribution in [-0.4, -0.2) is 41.8 Å². The molecule has 23 heavy (non-hydrogen) atoms. The van der Waals surface area contributed by atoms with Gasteiger partial charge in [-0.3, -0.25) is 9.59 Å². The Hall–Kier alpha value is -1.36. The van der Waals surface area contributed by atoms with Gasteiger partial charge in [-0.05, 0) is 24.5 Å². The van der Waals surface area contributed by atoms with E-state index in [1.54, 1.807) is 4.90 Å². The summed E-state index contributed by atoms with van der Waals surface area (Å²) in [4.78, 5) is 28.3. The number of hydrogen-bond acceptors (Lipinski definition) is 2. The fourth-order valence-electron chi connectivity index (χ4n) is 2.98. The second-order valence-electron chi connectivity index (χ2n) is 6.54. The van der Waals surface area contributed by atoms with E-state index in [0.29, 0.717) is 19.6 Å². The zero-order chi connectivity index (χ0) is 17.0. The van der Waals surface area contributed by atoms with Gasteiger partial charge in [0.15, 0.2) is 0 Å². The quantitative estimate of drug-likeness (QED) is 0.803. The van der Waals surface area contributed by atoms with E-state index in [1.807, 2.05) is 50.1 Å². The van der Waals surface area contributed by atoms with Gasteiger partial charge in [-0.2, -0.15) is 0 Å². The molecule has 1 aliphatic rings. The maximum atomic E-state index is 12.6. The smallest absolute Gasteiger partial charge is 0.225 e. The van der Waals surface area contributed by atoms with Gasteiger partial charge in [0.05, 0.1) is 0 Å². The molecule has 1 aliphatic heterocycles. The van der Waals surface area contributed by atoms with E-state index in [4.69, 9.17) is 0 Å². The molecule has 0 atom stereocenters. The van der Waals surface area contributed by atoms with Gasteiger partial charge < -0.3 is 9.80 Å². The monoisotopic (exact) mass is 380 g/mol. The molecular formula is C18H25BrN2O2. The standard InChI is InChI=1S/C18H25BrN2O2/c1-13(2)17(22)21-10-8-14(9-11-21)18(23)20(3)12-15-6-4-5-7-16(15)19/h4-7,13-14H,8-12H2,1-3H3. The van der Waals surface area contributed by atoms with Crippen LogP contribution in [0.3, 0.4) is 0 Å². The molecule has 1 heterocycles. The highest BCUT2D eigenvalue weighted by Crippen LogP contribution is 2.23. The maximum Gasteiger partial charge on any atom is 0.225 e. The summed E-state index contributed by atoms with van der Waals surface area (Å²) in [5, 5.41) is 0. The van der Waals surface area contributed by atoms with Crippen molar-refractivity contribution in [1.29, 1.82) is 0 Å². The number of piperidine rings is 1. The predicted molar refractivity (Wildman–Crippen MR) is 94.8 cm³/mol. The molecule has 4 nitrogen and oxygen atoms in total. The third-order valence-electron chi connectivity index (χ3n) is 4.39. The first-order chi connectivity index (χ1) is 10.9. The molecular weight excluding hydrogens is 356 g/mol. The van der Waals surface area contributed by atoms with E-state index in [2.05, 4.69) is 15.9 Å². The van der Waals surface area contributed by atoms with Gasteiger partial charge in [0.2, 0.25) is 11.8 Å². The fourth-order valence-corrected chi connectivity index (χ4v) is 3.39. The molecule has 1 fully saturated rings. The first kappa shape index (κ1) is 18.0. The second kappa shape index (κ2) is 7.95. The summed E-state index contributed by atoms with van der Waals surface area (Å²) in [6.07, 6.45) is 1.52. The second-order valence-corrected chi connectivity index (χ2v) is 7.39. The van der Waals surface area contributed by atoms with E-state index in [-0.39, 0.29) is 23.7 Å². The van der Waals surface area contributed by atoms with Gasteiger partial charge >= 0.3 is 0 Å². The van der Waals surface area contributed by atoms with Crippen molar-refractivity contribution in [2.45, 2.75) is 33.2 Å². The summed E-state index contributed by atoms with van der Waals surface area (Å²) in [5.74, 6) is 0.425. The van der Waals surface area contributed by atoms with Gasteiger partial charge in [0.1, 0.15) is 0 Å². The molecule has 2 amide bonds. The summed E-state index contributed by atoms with van der Waals surface area (Å²) < 4.78 is 1.02. The van der Waals surface area contributed by atoms with Crippen molar-refractivity contribution in [3.05, 3.63) is 34.3 Å². The highest BCUT2D eigenvalue weighted by molar-refractivity contribution is 9.10. The Balaban J connectivity index is 1.89. The summed E-state index contributed by atoms with van der Waals surface area (Å²) in [6, 6.07) is 7.96. The third-order valence-corrected chi connectivity index (χ3v) is 5.16. The van der Waals surface area contributed by atoms with Crippen LogP contribution in [0.1, 0.15) is 32.3 Å². The van der Waals surface area contributed by atoms with E-state index in [1.165, 1.54) is 0 Å². The van der Waals surface area contributed by atoms with E-state index in [0.717, 1.165) is 22.9 Å². The van der Waals surface area contributed by atoms with E-state index in [9.17, 15) is 9.59 Å². The zero-order valence-electron chi connectivity index (χ0n) is 14.1. The van der Waals surface area contributed by atoms with Crippen LogP contribution < -0.4 is 0 Å². The number of carbonyl (C=O) groups excluding carboxylic acids is 2. The minimum Gasteiger partial charge on any atom is -0.342 e. The summed E-state index contributed by atoms with van der Waals surface area (Å²) in [5.41, 5.74) is 1.11. The van der Waals surface area contributed by atoms with E-state index >= 15 is 0 Å². The maximum absolute atomic E-state index is 12.6. The Morgan fingerprint density at radius 1 is 1.26 bits per heavy atom. The summed E-state index contributed by atoms with van der Waals surface area (Å²) in [7, 11) is 1.85. The lowest BCUT2D eigenvalue weighted by Gasteiger charge is -2.34. The molecule has 126 valence electrons. The molecule has 0 N–H and O–H groups in total. The van der Waals surface area contributed by atoms with Crippen LogP contribution in [0.15, 0.2) is 28.7 Å². The van der Waals surface area contributed by atoms with Crippen molar-refractivity contribution >= 4 is 27.7 Å². The SMILES string of the molecule is CC(C)C(=O)N1CCC(C(=O)N(C)Cc2ccccc2Br)CC1. The molecule has 0 aromatic heterocycles. The Labute approximate surface area is 147 Å². The lowest BCUT2D eigenvalue weighted by molar-refractivity contribution is -0.141. The number of hydrogen-bond donors (Lipinski definition) is 0. The number of carbonyl (C=O) groups is 2. The average Bonchev–Trinajstić information content (AvgIpc) is 2.55. The van der Waals surface area contributed by atoms with Crippen LogP contribution in [0, 0.1) is 11.8 Å². The van der Waals surface area contributed by atoms with E-state index < -0.39 is 0 Å². The number of nitrogens with zero attached hydrogens (tertiary/aromatic N) is 2. The normalized spacial score (nSPS) is 15.8. The molecule has 1 aromatic carbocycles. The van der Waals surface area contributed by atoms with Crippen molar-refractivity contribution in [2.24, 2.45) is 11.8 Å². The summed E-state index contributed by atoms with van der Waals surface area (Å²) in [6.45, 7) is 5.83. The molecule has 0 spiro atoms. The highest BCUT2D eigenvalue weighted by Gasteiger charge is 2.29. The topological polar surface area (TPSA) is 40.6 Å². The predicted octanol–water partition coefficient (Wildman–Crippen LogP) is 3.30. The molecule has 0 bridgehead atoms. The van der Waals surface area contributed by atoms with Gasteiger partial charge in [0, 0.05) is 43.0 Å². The van der Waals surface area contributed by atoms with Gasteiger partial charge in [-0.15, -0.1) is 0 Å². The van der Waals surface area contributed by atoms with Gasteiger partial charge in [-0.25, -0.2) is 0 Å².